The predicted octanol–water partition coefficient (Wildman–Crippen LogP) is 3.33. The zero-order valence-corrected chi connectivity index (χ0v) is 12.5. The Balaban J connectivity index is 1.73. The first-order chi connectivity index (χ1) is 9.66. The van der Waals surface area contributed by atoms with E-state index in [0.717, 1.165) is 41.0 Å². The molecule has 0 N–H and O–H groups in total. The molecule has 0 aromatic heterocycles. The first-order valence-corrected chi connectivity index (χ1v) is 7.64. The maximum absolute atomic E-state index is 10.6. The van der Waals surface area contributed by atoms with E-state index in [-0.39, 0.29) is 5.41 Å². The highest BCUT2D eigenvalue weighted by atomic mass is 79.9. The highest BCUT2D eigenvalue weighted by molar-refractivity contribution is 9.10. The average molecular weight is 336 g/mol. The summed E-state index contributed by atoms with van der Waals surface area (Å²) in [6.45, 7) is 1.44. The van der Waals surface area contributed by atoms with Crippen molar-refractivity contribution in [2.45, 2.75) is 31.2 Å². The second-order valence-electron chi connectivity index (χ2n) is 6.09. The second kappa shape index (κ2) is 4.09. The molecule has 20 heavy (non-hydrogen) atoms. The lowest BCUT2D eigenvalue weighted by Gasteiger charge is -2.15. The van der Waals surface area contributed by atoms with Gasteiger partial charge < -0.3 is 9.47 Å². The quantitative estimate of drug-likeness (QED) is 0.615. The standard InChI is InChI=1S/C15H14BrNO3/c16-11-6-13-12(19-7-14(1-2-14)8-20-13)5-10(11)15(3-4-15)17-9-18/h5-6H,1-4,7-8H2. The lowest BCUT2D eigenvalue weighted by Crippen LogP contribution is -2.17. The summed E-state index contributed by atoms with van der Waals surface area (Å²) in [7, 11) is 0. The molecule has 4 nitrogen and oxygen atoms in total. The van der Waals surface area contributed by atoms with Crippen LogP contribution in [0, 0.1) is 5.41 Å². The maximum atomic E-state index is 10.6. The largest absolute Gasteiger partial charge is 0.489 e. The van der Waals surface area contributed by atoms with E-state index in [0.29, 0.717) is 6.61 Å². The number of benzene rings is 1. The number of nitrogens with zero attached hydrogens (tertiary/aromatic N) is 1. The van der Waals surface area contributed by atoms with Crippen LogP contribution in [0.3, 0.4) is 0 Å². The van der Waals surface area contributed by atoms with Gasteiger partial charge in [-0.3, -0.25) is 0 Å². The van der Waals surface area contributed by atoms with Crippen molar-refractivity contribution in [1.29, 1.82) is 0 Å². The van der Waals surface area contributed by atoms with Crippen LogP contribution in [0.5, 0.6) is 11.5 Å². The van der Waals surface area contributed by atoms with E-state index in [1.54, 1.807) is 6.08 Å². The summed E-state index contributed by atoms with van der Waals surface area (Å²) < 4.78 is 12.7. The summed E-state index contributed by atoms with van der Waals surface area (Å²) >= 11 is 3.57. The van der Waals surface area contributed by atoms with Gasteiger partial charge in [0.05, 0.1) is 18.8 Å². The van der Waals surface area contributed by atoms with Crippen molar-refractivity contribution in [3.8, 4) is 11.5 Å². The zero-order chi connectivity index (χ0) is 13.8. The minimum Gasteiger partial charge on any atom is -0.489 e. The fraction of sp³-hybridized carbons (Fsp3) is 0.533. The van der Waals surface area contributed by atoms with E-state index in [9.17, 15) is 4.79 Å². The molecule has 0 amide bonds. The molecule has 4 rings (SSSR count). The van der Waals surface area contributed by atoms with Gasteiger partial charge in [0.15, 0.2) is 11.5 Å². The highest BCUT2D eigenvalue weighted by Crippen LogP contribution is 2.55. The van der Waals surface area contributed by atoms with Gasteiger partial charge in [-0.25, -0.2) is 4.79 Å². The van der Waals surface area contributed by atoms with Crippen molar-refractivity contribution in [2.24, 2.45) is 10.4 Å². The van der Waals surface area contributed by atoms with E-state index in [1.807, 2.05) is 12.1 Å². The predicted molar refractivity (Wildman–Crippen MR) is 75.8 cm³/mol. The number of rotatable bonds is 2. The number of hydrogen-bond donors (Lipinski definition) is 0. The smallest absolute Gasteiger partial charge is 0.235 e. The van der Waals surface area contributed by atoms with Crippen LogP contribution in [0.25, 0.3) is 0 Å². The molecule has 0 saturated heterocycles. The van der Waals surface area contributed by atoms with Crippen LogP contribution in [-0.2, 0) is 10.3 Å². The molecule has 2 fully saturated rings. The lowest BCUT2D eigenvalue weighted by atomic mass is 10.0. The van der Waals surface area contributed by atoms with Gasteiger partial charge >= 0.3 is 0 Å². The molecular formula is C15H14BrNO3. The lowest BCUT2D eigenvalue weighted by molar-refractivity contribution is 0.197. The molecule has 1 aromatic rings. The van der Waals surface area contributed by atoms with Crippen molar-refractivity contribution in [3.63, 3.8) is 0 Å². The summed E-state index contributed by atoms with van der Waals surface area (Å²) in [4.78, 5) is 14.6. The van der Waals surface area contributed by atoms with Crippen LogP contribution >= 0.6 is 15.9 Å². The number of halogens is 1. The molecule has 104 valence electrons. The maximum Gasteiger partial charge on any atom is 0.235 e. The highest BCUT2D eigenvalue weighted by Gasteiger charge is 2.48. The zero-order valence-electron chi connectivity index (χ0n) is 10.9. The first kappa shape index (κ1) is 12.4. The van der Waals surface area contributed by atoms with Crippen molar-refractivity contribution in [3.05, 3.63) is 22.2 Å². The first-order valence-electron chi connectivity index (χ1n) is 6.85. The van der Waals surface area contributed by atoms with Crippen LogP contribution in [0.2, 0.25) is 0 Å². The Bertz CT molecular complexity index is 628. The summed E-state index contributed by atoms with van der Waals surface area (Å²) in [6, 6.07) is 3.90. The monoisotopic (exact) mass is 335 g/mol. The summed E-state index contributed by atoms with van der Waals surface area (Å²) in [5.41, 5.74) is 0.821. The Labute approximate surface area is 125 Å². The Kier molecular flexibility index (Phi) is 2.54. The Hall–Kier alpha value is -1.32. The van der Waals surface area contributed by atoms with Gasteiger partial charge in [0.1, 0.15) is 0 Å². The Morgan fingerprint density at radius 3 is 2.30 bits per heavy atom. The van der Waals surface area contributed by atoms with Crippen LogP contribution in [-0.4, -0.2) is 19.3 Å². The Morgan fingerprint density at radius 1 is 1.10 bits per heavy atom. The van der Waals surface area contributed by atoms with Gasteiger partial charge in [-0.1, -0.05) is 15.9 Å². The molecule has 3 aliphatic rings. The van der Waals surface area contributed by atoms with Gasteiger partial charge in [-0.2, -0.15) is 4.99 Å². The van der Waals surface area contributed by atoms with Crippen LogP contribution in [0.15, 0.2) is 21.6 Å². The van der Waals surface area contributed by atoms with E-state index in [1.165, 1.54) is 12.8 Å². The summed E-state index contributed by atoms with van der Waals surface area (Å²) in [5.74, 6) is 1.54. The minimum absolute atomic E-state index is 0.226. The van der Waals surface area contributed by atoms with Crippen LogP contribution < -0.4 is 9.47 Å². The van der Waals surface area contributed by atoms with E-state index in [2.05, 4.69) is 20.9 Å². The molecule has 0 radical (unpaired) electrons. The fourth-order valence-corrected chi connectivity index (χ4v) is 3.42. The number of aliphatic imine (C=N–C) groups is 1. The molecule has 2 saturated carbocycles. The number of carbonyl (C=O) groups excluding carboxylic acids is 1. The third-order valence-corrected chi connectivity index (χ3v) is 5.20. The molecule has 2 aliphatic carbocycles. The molecule has 5 heteroatoms. The third kappa shape index (κ3) is 1.88. The van der Waals surface area contributed by atoms with Crippen molar-refractivity contribution in [2.75, 3.05) is 13.2 Å². The van der Waals surface area contributed by atoms with Crippen molar-refractivity contribution >= 4 is 22.0 Å². The molecular weight excluding hydrogens is 322 g/mol. The molecule has 1 spiro atoms. The minimum atomic E-state index is -0.400. The Morgan fingerprint density at radius 2 is 1.75 bits per heavy atom. The van der Waals surface area contributed by atoms with Gasteiger partial charge in [-0.05, 0) is 43.4 Å². The SMILES string of the molecule is O=C=NC1(c2cc3c(cc2Br)OCC2(CC2)CO3)CC1. The van der Waals surface area contributed by atoms with E-state index < -0.39 is 5.54 Å². The van der Waals surface area contributed by atoms with Gasteiger partial charge in [-0.15, -0.1) is 0 Å². The number of hydrogen-bond acceptors (Lipinski definition) is 4. The molecule has 0 bridgehead atoms. The molecule has 1 aromatic carbocycles. The summed E-state index contributed by atoms with van der Waals surface area (Å²) in [6.07, 6.45) is 5.80. The average Bonchev–Trinajstić information content (AvgIpc) is 3.32. The topological polar surface area (TPSA) is 47.9 Å². The normalized spacial score (nSPS) is 23.6. The fourth-order valence-electron chi connectivity index (χ4n) is 2.73. The molecule has 1 aliphatic heterocycles. The molecule has 1 heterocycles. The van der Waals surface area contributed by atoms with Crippen molar-refractivity contribution in [1.82, 2.24) is 0 Å². The number of ether oxygens (including phenoxy) is 2. The van der Waals surface area contributed by atoms with Gasteiger partial charge in [0.25, 0.3) is 0 Å². The second-order valence-corrected chi connectivity index (χ2v) is 6.95. The van der Waals surface area contributed by atoms with E-state index >= 15 is 0 Å². The van der Waals surface area contributed by atoms with E-state index in [4.69, 9.17) is 9.47 Å². The summed E-state index contributed by atoms with van der Waals surface area (Å²) in [5, 5.41) is 0. The number of isocyanates is 1. The molecule has 0 atom stereocenters. The third-order valence-electron chi connectivity index (χ3n) is 4.54. The van der Waals surface area contributed by atoms with Crippen LogP contribution in [0.1, 0.15) is 31.2 Å². The number of fused-ring (bicyclic) bond motifs is 1. The van der Waals surface area contributed by atoms with Gasteiger partial charge in [0, 0.05) is 9.89 Å². The van der Waals surface area contributed by atoms with Crippen LogP contribution in [0.4, 0.5) is 0 Å². The van der Waals surface area contributed by atoms with Gasteiger partial charge in [0.2, 0.25) is 6.08 Å². The van der Waals surface area contributed by atoms with Crippen molar-refractivity contribution < 1.29 is 14.3 Å². The molecule has 0 unspecified atom stereocenters.